The van der Waals surface area contributed by atoms with Crippen molar-refractivity contribution in [3.8, 4) is 11.3 Å². The highest BCUT2D eigenvalue weighted by atomic mass is 16.2. The van der Waals surface area contributed by atoms with Crippen molar-refractivity contribution in [1.82, 2.24) is 30.5 Å². The van der Waals surface area contributed by atoms with Crippen LogP contribution in [-0.4, -0.2) is 31.1 Å². The van der Waals surface area contributed by atoms with Crippen LogP contribution in [0.2, 0.25) is 0 Å². The van der Waals surface area contributed by atoms with E-state index in [1.165, 1.54) is 0 Å². The number of hydrogen-bond donors (Lipinski definition) is 3. The first-order chi connectivity index (χ1) is 13.7. The molecule has 0 fully saturated rings. The van der Waals surface area contributed by atoms with E-state index < -0.39 is 0 Å². The summed E-state index contributed by atoms with van der Waals surface area (Å²) in [6.07, 6.45) is 4.33. The van der Waals surface area contributed by atoms with Gasteiger partial charge in [0.1, 0.15) is 11.5 Å². The monoisotopic (exact) mass is 374 g/mol. The molecule has 0 saturated carbocycles. The summed E-state index contributed by atoms with van der Waals surface area (Å²) < 4.78 is 0. The third-order valence-corrected chi connectivity index (χ3v) is 4.98. The number of aromatic amines is 2. The summed E-state index contributed by atoms with van der Waals surface area (Å²) >= 11 is 0. The molecule has 1 amide bonds. The van der Waals surface area contributed by atoms with Gasteiger partial charge in [-0.05, 0) is 36.2 Å². The van der Waals surface area contributed by atoms with Gasteiger partial charge in [0, 0.05) is 18.0 Å². The first-order valence-corrected chi connectivity index (χ1v) is 9.37. The van der Waals surface area contributed by atoms with Crippen LogP contribution in [0.1, 0.15) is 42.6 Å². The summed E-state index contributed by atoms with van der Waals surface area (Å²) in [5.41, 5.74) is 3.79. The molecular formula is C21H22N6O. The first kappa shape index (κ1) is 17.9. The molecule has 0 aliphatic heterocycles. The predicted octanol–water partition coefficient (Wildman–Crippen LogP) is 3.87. The zero-order valence-electron chi connectivity index (χ0n) is 15.8. The highest BCUT2D eigenvalue weighted by Crippen LogP contribution is 2.25. The van der Waals surface area contributed by atoms with Crippen molar-refractivity contribution in [2.24, 2.45) is 5.92 Å². The fraction of sp³-hybridized carbons (Fsp3) is 0.238. The number of nitrogens with one attached hydrogen (secondary N) is 3. The highest BCUT2D eigenvalue weighted by molar-refractivity contribution is 5.93. The number of aromatic nitrogens is 5. The Bertz CT molecular complexity index is 1050. The molecule has 0 radical (unpaired) electrons. The number of fused-ring (bicyclic) bond motifs is 1. The van der Waals surface area contributed by atoms with Gasteiger partial charge in [0.15, 0.2) is 0 Å². The lowest BCUT2D eigenvalue weighted by molar-refractivity contribution is 0.0915. The third-order valence-electron chi connectivity index (χ3n) is 4.98. The summed E-state index contributed by atoms with van der Waals surface area (Å²) in [5.74, 6) is 0.759. The van der Waals surface area contributed by atoms with Crippen molar-refractivity contribution in [2.75, 3.05) is 0 Å². The minimum Gasteiger partial charge on any atom is -0.340 e. The summed E-state index contributed by atoms with van der Waals surface area (Å²) in [6.45, 7) is 4.20. The molecule has 3 N–H and O–H groups in total. The van der Waals surface area contributed by atoms with Gasteiger partial charge in [0.2, 0.25) is 0 Å². The molecule has 1 aromatic carbocycles. The van der Waals surface area contributed by atoms with Crippen LogP contribution >= 0.6 is 0 Å². The molecule has 142 valence electrons. The smallest absolute Gasteiger partial charge is 0.269 e. The maximum Gasteiger partial charge on any atom is 0.269 e. The number of nitrogens with zero attached hydrogens (tertiary/aromatic N) is 3. The molecule has 0 unspecified atom stereocenters. The van der Waals surface area contributed by atoms with E-state index >= 15 is 0 Å². The summed E-state index contributed by atoms with van der Waals surface area (Å²) in [7, 11) is 0. The average molecular weight is 374 g/mol. The van der Waals surface area contributed by atoms with Crippen LogP contribution in [0.15, 0.2) is 54.9 Å². The van der Waals surface area contributed by atoms with E-state index in [0.29, 0.717) is 11.4 Å². The molecule has 3 heterocycles. The molecule has 4 rings (SSSR count). The van der Waals surface area contributed by atoms with Crippen molar-refractivity contribution in [2.45, 2.75) is 26.3 Å². The molecule has 7 nitrogen and oxygen atoms in total. The second-order valence-corrected chi connectivity index (χ2v) is 6.88. The maximum atomic E-state index is 12.9. The molecule has 4 aromatic rings. The Morgan fingerprint density at radius 2 is 2.07 bits per heavy atom. The normalized spacial score (nSPS) is 13.4. The number of benzene rings is 1. The van der Waals surface area contributed by atoms with Gasteiger partial charge in [0.05, 0.1) is 22.8 Å². The molecular weight excluding hydrogens is 352 g/mol. The van der Waals surface area contributed by atoms with Crippen molar-refractivity contribution in [1.29, 1.82) is 0 Å². The zero-order chi connectivity index (χ0) is 19.5. The number of rotatable bonds is 6. The van der Waals surface area contributed by atoms with E-state index in [4.69, 9.17) is 0 Å². The van der Waals surface area contributed by atoms with E-state index in [2.05, 4.69) is 44.3 Å². The van der Waals surface area contributed by atoms with Crippen LogP contribution in [0.25, 0.3) is 22.3 Å². The molecule has 3 aromatic heterocycles. The minimum absolute atomic E-state index is 0.213. The van der Waals surface area contributed by atoms with Gasteiger partial charge < -0.3 is 10.3 Å². The summed E-state index contributed by atoms with van der Waals surface area (Å²) in [4.78, 5) is 25.0. The van der Waals surface area contributed by atoms with Gasteiger partial charge in [-0.25, -0.2) is 4.98 Å². The molecule has 0 spiro atoms. The van der Waals surface area contributed by atoms with E-state index in [0.717, 1.165) is 28.8 Å². The Labute approximate surface area is 162 Å². The second kappa shape index (κ2) is 7.64. The van der Waals surface area contributed by atoms with Crippen molar-refractivity contribution in [3.63, 3.8) is 0 Å². The van der Waals surface area contributed by atoms with E-state index in [1.807, 2.05) is 36.4 Å². The third kappa shape index (κ3) is 3.51. The number of carbonyl (C=O) groups is 1. The first-order valence-electron chi connectivity index (χ1n) is 9.37. The topological polar surface area (TPSA) is 99.3 Å². The molecule has 0 saturated heterocycles. The summed E-state index contributed by atoms with van der Waals surface area (Å²) in [6, 6.07) is 13.1. The minimum atomic E-state index is -0.227. The fourth-order valence-electron chi connectivity index (χ4n) is 3.15. The Kier molecular flexibility index (Phi) is 4.89. The highest BCUT2D eigenvalue weighted by Gasteiger charge is 2.25. The Balaban J connectivity index is 1.58. The predicted molar refractivity (Wildman–Crippen MR) is 108 cm³/mol. The molecule has 28 heavy (non-hydrogen) atoms. The van der Waals surface area contributed by atoms with E-state index in [9.17, 15) is 4.79 Å². The number of imidazole rings is 1. The van der Waals surface area contributed by atoms with Gasteiger partial charge in [-0.1, -0.05) is 32.4 Å². The van der Waals surface area contributed by atoms with Gasteiger partial charge in [0.25, 0.3) is 5.91 Å². The lowest BCUT2D eigenvalue weighted by Gasteiger charge is -2.22. The van der Waals surface area contributed by atoms with Crippen molar-refractivity contribution >= 4 is 16.9 Å². The van der Waals surface area contributed by atoms with Crippen LogP contribution in [0.5, 0.6) is 0 Å². The Morgan fingerprint density at radius 3 is 2.82 bits per heavy atom. The van der Waals surface area contributed by atoms with Crippen LogP contribution in [0, 0.1) is 5.92 Å². The number of hydrogen-bond acceptors (Lipinski definition) is 4. The van der Waals surface area contributed by atoms with Gasteiger partial charge in [-0.15, -0.1) is 0 Å². The van der Waals surface area contributed by atoms with E-state index in [1.54, 1.807) is 18.5 Å². The van der Waals surface area contributed by atoms with Gasteiger partial charge in [-0.3, -0.25) is 14.9 Å². The van der Waals surface area contributed by atoms with E-state index in [-0.39, 0.29) is 17.9 Å². The Hall–Kier alpha value is -3.48. The number of H-pyrrole nitrogens is 2. The van der Waals surface area contributed by atoms with Crippen LogP contribution in [-0.2, 0) is 0 Å². The SMILES string of the molecule is CC[C@H](C)[C@H](NC(=O)c1cc(-c2cccnc2)n[nH]1)c1nc2ccccc2[nH]1. The quantitative estimate of drug-likeness (QED) is 0.477. The molecule has 0 aliphatic rings. The van der Waals surface area contributed by atoms with Crippen molar-refractivity contribution in [3.05, 3.63) is 66.4 Å². The summed E-state index contributed by atoms with van der Waals surface area (Å²) in [5, 5.41) is 10.2. The number of amides is 1. The zero-order valence-corrected chi connectivity index (χ0v) is 15.8. The fourth-order valence-corrected chi connectivity index (χ4v) is 3.15. The second-order valence-electron chi connectivity index (χ2n) is 6.88. The molecule has 0 aliphatic carbocycles. The Morgan fingerprint density at radius 1 is 1.21 bits per heavy atom. The lowest BCUT2D eigenvalue weighted by atomic mass is 9.98. The number of pyridine rings is 1. The maximum absolute atomic E-state index is 12.9. The van der Waals surface area contributed by atoms with Crippen molar-refractivity contribution < 1.29 is 4.79 Å². The number of para-hydroxylation sites is 2. The molecule has 7 heteroatoms. The van der Waals surface area contributed by atoms with Crippen LogP contribution in [0.4, 0.5) is 0 Å². The van der Waals surface area contributed by atoms with Gasteiger partial charge >= 0.3 is 0 Å². The average Bonchev–Trinajstić information content (AvgIpc) is 3.39. The lowest BCUT2D eigenvalue weighted by Crippen LogP contribution is -2.33. The molecule has 0 bridgehead atoms. The largest absolute Gasteiger partial charge is 0.340 e. The van der Waals surface area contributed by atoms with Crippen LogP contribution < -0.4 is 5.32 Å². The standard InChI is InChI=1S/C21H22N6O/c1-3-13(2)19(20-23-15-8-4-5-9-16(15)24-20)25-21(28)18-11-17(26-27-18)14-7-6-10-22-12-14/h4-13,19H,3H2,1-2H3,(H,23,24)(H,25,28)(H,26,27)/t13-,19-/m0/s1. The molecule has 2 atom stereocenters. The number of carbonyl (C=O) groups excluding carboxylic acids is 1. The van der Waals surface area contributed by atoms with Gasteiger partial charge in [-0.2, -0.15) is 5.10 Å². The van der Waals surface area contributed by atoms with Crippen LogP contribution in [0.3, 0.4) is 0 Å².